The predicted molar refractivity (Wildman–Crippen MR) is 90.6 cm³/mol. The molecule has 2 aromatic rings. The van der Waals surface area contributed by atoms with E-state index >= 15 is 0 Å². The fraction of sp³-hybridized carbons (Fsp3) is 0.294. The minimum Gasteiger partial charge on any atom is -0.395 e. The second kappa shape index (κ2) is 6.82. The highest BCUT2D eigenvalue weighted by molar-refractivity contribution is 7.89. The molecule has 2 aromatic carbocycles. The number of halogens is 2. The first-order valence-corrected chi connectivity index (χ1v) is 9.44. The first-order chi connectivity index (χ1) is 12.1. The number of benzene rings is 2. The molecule has 1 unspecified atom stereocenters. The maximum atomic E-state index is 13.0. The van der Waals surface area contributed by atoms with Crippen molar-refractivity contribution >= 4 is 10.0 Å². The van der Waals surface area contributed by atoms with Crippen LogP contribution in [0.25, 0.3) is 0 Å². The zero-order valence-corrected chi connectivity index (χ0v) is 14.7. The quantitative estimate of drug-likeness (QED) is 0.799. The van der Waals surface area contributed by atoms with Gasteiger partial charge in [0.25, 0.3) is 0 Å². The maximum Gasteiger partial charge on any atom is 0.586 e. The SMILES string of the molecule is CC(NCCc1ccc2c(c1)OC(F)(F)O2)c1cccc(S(N)(=O)=O)c1. The summed E-state index contributed by atoms with van der Waals surface area (Å²) in [5, 5.41) is 8.40. The number of hydrogen-bond donors (Lipinski definition) is 2. The van der Waals surface area contributed by atoms with E-state index in [1.807, 2.05) is 6.92 Å². The molecule has 1 atom stereocenters. The number of hydrogen-bond acceptors (Lipinski definition) is 5. The second-order valence-corrected chi connectivity index (χ2v) is 7.55. The Morgan fingerprint density at radius 2 is 1.88 bits per heavy atom. The fourth-order valence-corrected chi connectivity index (χ4v) is 3.23. The van der Waals surface area contributed by atoms with Crippen LogP contribution < -0.4 is 19.9 Å². The molecule has 1 heterocycles. The Morgan fingerprint density at radius 1 is 1.15 bits per heavy atom. The third kappa shape index (κ3) is 4.29. The third-order valence-electron chi connectivity index (χ3n) is 4.02. The number of primary sulfonamides is 1. The van der Waals surface area contributed by atoms with Crippen LogP contribution in [0.4, 0.5) is 8.78 Å². The van der Waals surface area contributed by atoms with Gasteiger partial charge in [-0.15, -0.1) is 8.78 Å². The molecule has 0 spiro atoms. The molecule has 1 aliphatic rings. The van der Waals surface area contributed by atoms with Crippen LogP contribution in [-0.2, 0) is 16.4 Å². The molecular weight excluding hydrogens is 366 g/mol. The zero-order valence-electron chi connectivity index (χ0n) is 13.9. The molecule has 0 fully saturated rings. The van der Waals surface area contributed by atoms with Gasteiger partial charge in [-0.3, -0.25) is 0 Å². The van der Waals surface area contributed by atoms with Gasteiger partial charge in [-0.2, -0.15) is 0 Å². The number of nitrogens with two attached hydrogens (primary N) is 1. The van der Waals surface area contributed by atoms with Crippen molar-refractivity contribution in [3.63, 3.8) is 0 Å². The molecule has 9 heteroatoms. The topological polar surface area (TPSA) is 90.7 Å². The Labute approximate surface area is 150 Å². The predicted octanol–water partition coefficient (Wildman–Crippen LogP) is 2.55. The number of sulfonamides is 1. The molecule has 0 aromatic heterocycles. The molecule has 0 aliphatic carbocycles. The summed E-state index contributed by atoms with van der Waals surface area (Å²) in [6.45, 7) is 2.44. The van der Waals surface area contributed by atoms with E-state index in [4.69, 9.17) is 5.14 Å². The summed E-state index contributed by atoms with van der Waals surface area (Å²) >= 11 is 0. The monoisotopic (exact) mass is 384 g/mol. The highest BCUT2D eigenvalue weighted by Crippen LogP contribution is 2.41. The molecule has 3 rings (SSSR count). The molecule has 0 radical (unpaired) electrons. The van der Waals surface area contributed by atoms with Gasteiger partial charge in [-0.05, 0) is 55.3 Å². The Morgan fingerprint density at radius 3 is 2.62 bits per heavy atom. The Kier molecular flexibility index (Phi) is 4.87. The molecule has 3 N–H and O–H groups in total. The number of rotatable bonds is 6. The van der Waals surface area contributed by atoms with Crippen molar-refractivity contribution in [1.29, 1.82) is 0 Å². The van der Waals surface area contributed by atoms with E-state index in [9.17, 15) is 17.2 Å². The van der Waals surface area contributed by atoms with Gasteiger partial charge in [-0.25, -0.2) is 13.6 Å². The normalized spacial score (nSPS) is 16.5. The lowest BCUT2D eigenvalue weighted by Crippen LogP contribution is -2.25. The molecule has 0 saturated carbocycles. The van der Waals surface area contributed by atoms with E-state index in [2.05, 4.69) is 14.8 Å². The third-order valence-corrected chi connectivity index (χ3v) is 4.93. The van der Waals surface area contributed by atoms with Crippen molar-refractivity contribution in [2.24, 2.45) is 5.14 Å². The average molecular weight is 384 g/mol. The lowest BCUT2D eigenvalue weighted by atomic mass is 10.1. The van der Waals surface area contributed by atoms with E-state index in [1.165, 1.54) is 24.3 Å². The molecule has 140 valence electrons. The van der Waals surface area contributed by atoms with Gasteiger partial charge in [0.15, 0.2) is 11.5 Å². The van der Waals surface area contributed by atoms with Crippen LogP contribution in [0.15, 0.2) is 47.4 Å². The Hall–Kier alpha value is -2.23. The minimum absolute atomic E-state index is 0.0138. The van der Waals surface area contributed by atoms with Gasteiger partial charge in [-0.1, -0.05) is 18.2 Å². The molecular formula is C17H18F2N2O4S. The summed E-state index contributed by atoms with van der Waals surface area (Å²) < 4.78 is 57.7. The molecule has 1 aliphatic heterocycles. The average Bonchev–Trinajstić information content (AvgIpc) is 2.87. The van der Waals surface area contributed by atoms with Gasteiger partial charge >= 0.3 is 6.29 Å². The van der Waals surface area contributed by atoms with Crippen LogP contribution in [0, 0.1) is 0 Å². The van der Waals surface area contributed by atoms with Crippen molar-refractivity contribution < 1.29 is 26.7 Å². The van der Waals surface area contributed by atoms with Gasteiger partial charge in [0, 0.05) is 6.04 Å². The second-order valence-electron chi connectivity index (χ2n) is 5.99. The number of alkyl halides is 2. The van der Waals surface area contributed by atoms with Gasteiger partial charge in [0.05, 0.1) is 4.90 Å². The van der Waals surface area contributed by atoms with Crippen LogP contribution in [0.2, 0.25) is 0 Å². The first kappa shape index (κ1) is 18.6. The largest absolute Gasteiger partial charge is 0.586 e. The van der Waals surface area contributed by atoms with Crippen LogP contribution in [0.1, 0.15) is 24.1 Å². The maximum absolute atomic E-state index is 13.0. The Bertz CT molecular complexity index is 919. The van der Waals surface area contributed by atoms with E-state index in [-0.39, 0.29) is 22.4 Å². The summed E-state index contributed by atoms with van der Waals surface area (Å²) in [5.74, 6) is 0.0290. The van der Waals surface area contributed by atoms with E-state index < -0.39 is 16.3 Å². The fourth-order valence-electron chi connectivity index (χ4n) is 2.66. The number of nitrogens with one attached hydrogen (secondary N) is 1. The minimum atomic E-state index is -3.75. The molecule has 6 nitrogen and oxygen atoms in total. The van der Waals surface area contributed by atoms with E-state index in [1.54, 1.807) is 18.2 Å². The van der Waals surface area contributed by atoms with Crippen LogP contribution in [-0.4, -0.2) is 21.3 Å². The molecule has 26 heavy (non-hydrogen) atoms. The van der Waals surface area contributed by atoms with Crippen LogP contribution in [0.3, 0.4) is 0 Å². The highest BCUT2D eigenvalue weighted by Gasteiger charge is 2.43. The molecule has 0 amide bonds. The standard InChI is InChI=1S/C17H18F2N2O4S/c1-11(13-3-2-4-14(10-13)26(20,22)23)21-8-7-12-5-6-15-16(9-12)25-17(18,19)24-15/h2-6,9-11,21H,7-8H2,1H3,(H2,20,22,23). The summed E-state index contributed by atoms with van der Waals surface area (Å²) in [6, 6.07) is 10.9. The lowest BCUT2D eigenvalue weighted by Gasteiger charge is -2.15. The Balaban J connectivity index is 1.59. The van der Waals surface area contributed by atoms with E-state index in [0.717, 1.165) is 11.1 Å². The van der Waals surface area contributed by atoms with Gasteiger partial charge < -0.3 is 14.8 Å². The smallest absolute Gasteiger partial charge is 0.395 e. The van der Waals surface area contributed by atoms with Crippen molar-refractivity contribution in [3.05, 3.63) is 53.6 Å². The van der Waals surface area contributed by atoms with Crippen molar-refractivity contribution in [2.45, 2.75) is 30.6 Å². The van der Waals surface area contributed by atoms with Crippen molar-refractivity contribution in [2.75, 3.05) is 6.54 Å². The van der Waals surface area contributed by atoms with Crippen molar-refractivity contribution in [1.82, 2.24) is 5.32 Å². The highest BCUT2D eigenvalue weighted by atomic mass is 32.2. The lowest BCUT2D eigenvalue weighted by molar-refractivity contribution is -0.286. The number of ether oxygens (including phenoxy) is 2. The van der Waals surface area contributed by atoms with Gasteiger partial charge in [0.1, 0.15) is 0 Å². The van der Waals surface area contributed by atoms with Crippen molar-refractivity contribution in [3.8, 4) is 11.5 Å². The molecule has 0 bridgehead atoms. The summed E-state index contributed by atoms with van der Waals surface area (Å²) in [7, 11) is -3.75. The van der Waals surface area contributed by atoms with Crippen LogP contribution >= 0.6 is 0 Å². The summed E-state index contributed by atoms with van der Waals surface area (Å²) in [5.41, 5.74) is 1.59. The molecule has 0 saturated heterocycles. The van der Waals surface area contributed by atoms with Crippen LogP contribution in [0.5, 0.6) is 11.5 Å². The summed E-state index contributed by atoms with van der Waals surface area (Å²) in [4.78, 5) is 0.0559. The number of fused-ring (bicyclic) bond motifs is 1. The van der Waals surface area contributed by atoms with E-state index in [0.29, 0.717) is 13.0 Å². The first-order valence-electron chi connectivity index (χ1n) is 7.89. The summed E-state index contributed by atoms with van der Waals surface area (Å²) in [6.07, 6.45) is -3.05. The van der Waals surface area contributed by atoms with Gasteiger partial charge in [0.2, 0.25) is 10.0 Å². The zero-order chi connectivity index (χ0) is 18.9.